The van der Waals surface area contributed by atoms with E-state index in [0.29, 0.717) is 51.1 Å². The maximum atomic E-state index is 13.4. The van der Waals surface area contributed by atoms with E-state index in [1.165, 1.54) is 5.56 Å². The molecule has 0 radical (unpaired) electrons. The average molecular weight is 483 g/mol. The minimum atomic E-state index is -0.0433. The molecule has 7 heteroatoms. The topological polar surface area (TPSA) is 54.0 Å². The summed E-state index contributed by atoms with van der Waals surface area (Å²) >= 11 is 0. The Balaban J connectivity index is 0.00000578. The molecule has 0 amide bonds. The molecule has 0 aliphatic heterocycles. The number of hydrogen-bond acceptors (Lipinski definition) is 5. The molecule has 5 nitrogen and oxygen atoms in total. The first kappa shape index (κ1) is 30.7. The summed E-state index contributed by atoms with van der Waals surface area (Å²) in [5, 5.41) is 0.868. The summed E-state index contributed by atoms with van der Waals surface area (Å²) < 4.78 is 22.5. The third-order valence-corrected chi connectivity index (χ3v) is 6.38. The summed E-state index contributed by atoms with van der Waals surface area (Å²) in [7, 11) is -0.0433. The van der Waals surface area contributed by atoms with E-state index in [1.54, 1.807) is 0 Å². The van der Waals surface area contributed by atoms with Gasteiger partial charge in [-0.25, -0.2) is 0 Å². The third-order valence-electron chi connectivity index (χ3n) is 5.22. The summed E-state index contributed by atoms with van der Waals surface area (Å²) in [6, 6.07) is 9.95. The summed E-state index contributed by atoms with van der Waals surface area (Å²) in [4.78, 5) is 13.4. The maximum absolute atomic E-state index is 13.4. The summed E-state index contributed by atoms with van der Waals surface area (Å²) in [5.41, 5.74) is 4.24. The fraction of sp³-hybridized carbons (Fsp3) is 0.519. The van der Waals surface area contributed by atoms with Gasteiger partial charge in [-0.15, -0.1) is 0 Å². The zero-order valence-corrected chi connectivity index (χ0v) is 23.2. The molecule has 2 aromatic rings. The van der Waals surface area contributed by atoms with Crippen molar-refractivity contribution in [3.05, 3.63) is 52.6 Å². The van der Waals surface area contributed by atoms with Crippen LogP contribution in [0.3, 0.4) is 0 Å². The van der Waals surface area contributed by atoms with Gasteiger partial charge in [0, 0.05) is 30.1 Å². The van der Waals surface area contributed by atoms with Crippen molar-refractivity contribution in [3.8, 4) is 11.5 Å². The number of aryl methyl sites for hydroxylation is 2. The number of carbonyl (C=O) groups excluding carboxylic acids is 1. The molecular formula is C27H40LiO5P. The Bertz CT molecular complexity index is 907. The molecule has 34 heavy (non-hydrogen) atoms. The first-order valence-corrected chi connectivity index (χ1v) is 12.7. The van der Waals surface area contributed by atoms with Gasteiger partial charge < -0.3 is 20.4 Å². The maximum Gasteiger partial charge on any atom is 1.00 e. The Labute approximate surface area is 220 Å². The van der Waals surface area contributed by atoms with Gasteiger partial charge >= 0.3 is 18.9 Å². The normalized spacial score (nSPS) is 11.5. The third kappa shape index (κ3) is 9.37. The molecule has 0 aliphatic carbocycles. The molecule has 0 fully saturated rings. The molecule has 0 heterocycles. The first-order chi connectivity index (χ1) is 15.7. The molecule has 1 atom stereocenters. The van der Waals surface area contributed by atoms with E-state index < -0.39 is 0 Å². The van der Waals surface area contributed by atoms with Crippen molar-refractivity contribution < 1.29 is 44.0 Å². The number of ether oxygens (including phenoxy) is 4. The van der Waals surface area contributed by atoms with E-state index in [9.17, 15) is 4.79 Å². The fourth-order valence-electron chi connectivity index (χ4n) is 3.47. The second-order valence-electron chi connectivity index (χ2n) is 8.94. The van der Waals surface area contributed by atoms with E-state index in [0.717, 1.165) is 22.0 Å². The van der Waals surface area contributed by atoms with Crippen molar-refractivity contribution in [2.45, 2.75) is 53.9 Å². The van der Waals surface area contributed by atoms with E-state index >= 15 is 0 Å². The number of rotatable bonds is 13. The van der Waals surface area contributed by atoms with Crippen LogP contribution in [0.25, 0.3) is 0 Å². The SMILES string of the molecule is CCOCCOc1ccc(PC(=O)c2c(C)cc(C(C)(C)C)cc2C)c(OCCOCC)c1.[H-].[Li+]. The summed E-state index contributed by atoms with van der Waals surface area (Å²) in [6.45, 7) is 17.7. The van der Waals surface area contributed by atoms with Crippen LogP contribution >= 0.6 is 8.58 Å². The number of hydrogen-bond donors (Lipinski definition) is 0. The minimum absolute atomic E-state index is 0. The van der Waals surface area contributed by atoms with Gasteiger partial charge in [0.2, 0.25) is 0 Å². The Hall–Kier alpha value is -1.34. The van der Waals surface area contributed by atoms with Crippen LogP contribution in [0.15, 0.2) is 30.3 Å². The van der Waals surface area contributed by atoms with Crippen molar-refractivity contribution in [1.82, 2.24) is 0 Å². The zero-order valence-electron chi connectivity index (χ0n) is 23.2. The van der Waals surface area contributed by atoms with Crippen molar-refractivity contribution in [1.29, 1.82) is 0 Å². The fourth-order valence-corrected chi connectivity index (χ4v) is 4.67. The Morgan fingerprint density at radius 1 is 0.882 bits per heavy atom. The van der Waals surface area contributed by atoms with Crippen LogP contribution in [0.2, 0.25) is 0 Å². The van der Waals surface area contributed by atoms with Crippen LogP contribution < -0.4 is 33.6 Å². The van der Waals surface area contributed by atoms with E-state index in [-0.39, 0.29) is 39.8 Å². The van der Waals surface area contributed by atoms with Crippen molar-refractivity contribution >= 4 is 19.4 Å². The molecule has 0 spiro atoms. The zero-order chi connectivity index (χ0) is 24.4. The first-order valence-electron chi connectivity index (χ1n) is 11.7. The van der Waals surface area contributed by atoms with E-state index in [2.05, 4.69) is 32.9 Å². The molecule has 184 valence electrons. The standard InChI is InChI=1S/C27H39O5P.Li.H/c1-8-29-12-14-31-22-10-11-24(23(18-22)32-15-13-30-9-2)33-26(28)25-19(3)16-21(17-20(25)4)27(5,6)7;;/h10-11,16-18,33H,8-9,12-15H2,1-7H3;;/q;+1;-1. The molecule has 2 rings (SSSR count). The van der Waals surface area contributed by atoms with Gasteiger partial charge in [0.1, 0.15) is 24.7 Å². The second-order valence-corrected chi connectivity index (χ2v) is 10.2. The molecule has 0 saturated carbocycles. The van der Waals surface area contributed by atoms with Gasteiger partial charge in [-0.3, -0.25) is 4.79 Å². The van der Waals surface area contributed by atoms with Crippen molar-refractivity contribution in [2.75, 3.05) is 39.6 Å². The van der Waals surface area contributed by atoms with Crippen LogP contribution in [0.4, 0.5) is 0 Å². The summed E-state index contributed by atoms with van der Waals surface area (Å²) in [6.07, 6.45) is 0. The molecule has 0 saturated heterocycles. The predicted octanol–water partition coefficient (Wildman–Crippen LogP) is 2.69. The van der Waals surface area contributed by atoms with Crippen LogP contribution in [-0.4, -0.2) is 45.2 Å². The van der Waals surface area contributed by atoms with E-state index in [4.69, 9.17) is 18.9 Å². The van der Waals surface area contributed by atoms with Gasteiger partial charge in [0.15, 0.2) is 5.52 Å². The van der Waals surface area contributed by atoms with Crippen molar-refractivity contribution in [2.24, 2.45) is 0 Å². The predicted molar refractivity (Wildman–Crippen MR) is 138 cm³/mol. The van der Waals surface area contributed by atoms with Gasteiger partial charge in [-0.1, -0.05) is 32.9 Å². The Morgan fingerprint density at radius 2 is 1.44 bits per heavy atom. The van der Waals surface area contributed by atoms with E-state index in [1.807, 2.05) is 45.9 Å². The van der Waals surface area contributed by atoms with Crippen molar-refractivity contribution in [3.63, 3.8) is 0 Å². The van der Waals surface area contributed by atoms with Gasteiger partial charge in [-0.05, 0) is 70.5 Å². The van der Waals surface area contributed by atoms with Crippen LogP contribution in [0.1, 0.15) is 63.1 Å². The molecule has 0 aromatic heterocycles. The second kappa shape index (κ2) is 14.9. The van der Waals surface area contributed by atoms with Gasteiger partial charge in [-0.2, -0.15) is 0 Å². The van der Waals surface area contributed by atoms with Crippen LogP contribution in [0, 0.1) is 13.8 Å². The van der Waals surface area contributed by atoms with Crippen LogP contribution in [0.5, 0.6) is 11.5 Å². The quantitative estimate of drug-likeness (QED) is 0.250. The molecule has 2 aromatic carbocycles. The average Bonchev–Trinajstić information content (AvgIpc) is 2.74. The monoisotopic (exact) mass is 482 g/mol. The molecule has 0 N–H and O–H groups in total. The number of benzene rings is 2. The van der Waals surface area contributed by atoms with Crippen LogP contribution in [-0.2, 0) is 14.9 Å². The molecule has 1 unspecified atom stereocenters. The molecular weight excluding hydrogens is 442 g/mol. The Morgan fingerprint density at radius 3 is 1.97 bits per heavy atom. The number of carbonyl (C=O) groups is 1. The Kier molecular flexibility index (Phi) is 13.5. The minimum Gasteiger partial charge on any atom is -1.00 e. The van der Waals surface area contributed by atoms with Gasteiger partial charge in [0.05, 0.1) is 13.2 Å². The largest absolute Gasteiger partial charge is 1.00 e. The summed E-state index contributed by atoms with van der Waals surface area (Å²) in [5.74, 6) is 1.36. The molecule has 0 bridgehead atoms. The molecule has 0 aliphatic rings. The smallest absolute Gasteiger partial charge is 1.00 e. The van der Waals surface area contributed by atoms with Gasteiger partial charge in [0.25, 0.3) is 0 Å².